The minimum Gasteiger partial charge on any atom is -0.444 e. The predicted molar refractivity (Wildman–Crippen MR) is 130 cm³/mol. The molecular weight excluding hydrogens is 492 g/mol. The van der Waals surface area contributed by atoms with E-state index in [0.717, 1.165) is 25.7 Å². The molecule has 0 aliphatic heterocycles. The van der Waals surface area contributed by atoms with Crippen LogP contribution in [0, 0.1) is 0 Å². The van der Waals surface area contributed by atoms with Gasteiger partial charge in [0.2, 0.25) is 0 Å². The Morgan fingerprint density at radius 3 is 2.18 bits per heavy atom. The van der Waals surface area contributed by atoms with E-state index in [4.69, 9.17) is 9.47 Å². The molecular formula is C22H33BrN6O4. The van der Waals surface area contributed by atoms with Crippen molar-refractivity contribution in [3.63, 3.8) is 0 Å². The van der Waals surface area contributed by atoms with Crippen LogP contribution in [0.1, 0.15) is 67.2 Å². The highest BCUT2D eigenvalue weighted by Gasteiger charge is 2.25. The molecule has 0 aromatic carbocycles. The van der Waals surface area contributed by atoms with Gasteiger partial charge in [0, 0.05) is 18.2 Å². The van der Waals surface area contributed by atoms with Crippen molar-refractivity contribution in [1.29, 1.82) is 0 Å². The fourth-order valence-electron chi connectivity index (χ4n) is 3.57. The van der Waals surface area contributed by atoms with E-state index in [1.54, 1.807) is 37.5 Å². The number of amides is 2. The first-order chi connectivity index (χ1) is 15.3. The van der Waals surface area contributed by atoms with Crippen LogP contribution in [0.5, 0.6) is 0 Å². The molecule has 1 fully saturated rings. The monoisotopic (exact) mass is 524 g/mol. The summed E-state index contributed by atoms with van der Waals surface area (Å²) in [5.74, 6) is 1.07. The van der Waals surface area contributed by atoms with Gasteiger partial charge in [0.05, 0.1) is 10.7 Å². The lowest BCUT2D eigenvalue weighted by molar-refractivity contribution is 0.0491. The molecule has 11 heteroatoms. The first kappa shape index (κ1) is 25.1. The normalized spacial score (nSPS) is 19.1. The molecule has 2 heterocycles. The fraction of sp³-hybridized carbons (Fsp3) is 0.636. The van der Waals surface area contributed by atoms with Crippen LogP contribution in [0.2, 0.25) is 0 Å². The quantitative estimate of drug-likeness (QED) is 0.509. The number of hydrogen-bond donors (Lipinski definition) is 3. The first-order valence-electron chi connectivity index (χ1n) is 11.1. The summed E-state index contributed by atoms with van der Waals surface area (Å²) in [5, 5.41) is 13.4. The second kappa shape index (κ2) is 9.74. The van der Waals surface area contributed by atoms with Gasteiger partial charge in [-0.15, -0.1) is 0 Å². The number of alkyl carbamates (subject to hydrolysis) is 1. The van der Waals surface area contributed by atoms with E-state index in [-0.39, 0.29) is 18.2 Å². The molecule has 0 bridgehead atoms. The SMILES string of the molecule is CC(C)(C)OC(=O)Nc1cc(N[C@H]2CC[C@H](NC(=O)OC(C)(C)C)CC2)nc2c(Br)cnn12. The molecule has 3 N–H and O–H groups in total. The smallest absolute Gasteiger partial charge is 0.413 e. The molecule has 2 aromatic rings. The summed E-state index contributed by atoms with van der Waals surface area (Å²) in [5.41, 5.74) is -0.556. The maximum Gasteiger partial charge on any atom is 0.413 e. The number of carbonyl (C=O) groups is 2. The van der Waals surface area contributed by atoms with Crippen molar-refractivity contribution in [3.8, 4) is 0 Å². The Balaban J connectivity index is 1.64. The Bertz CT molecular complexity index is 1000. The number of halogens is 1. The molecule has 1 aliphatic carbocycles. The Morgan fingerprint density at radius 2 is 1.58 bits per heavy atom. The van der Waals surface area contributed by atoms with Crippen LogP contribution in [0.3, 0.4) is 0 Å². The molecule has 0 spiro atoms. The number of rotatable bonds is 4. The summed E-state index contributed by atoms with van der Waals surface area (Å²) in [4.78, 5) is 29.0. The molecule has 0 radical (unpaired) electrons. The lowest BCUT2D eigenvalue weighted by atomic mass is 9.91. The largest absolute Gasteiger partial charge is 0.444 e. The van der Waals surface area contributed by atoms with E-state index in [2.05, 4.69) is 42.0 Å². The van der Waals surface area contributed by atoms with E-state index in [1.165, 1.54) is 0 Å². The number of hydrogen-bond acceptors (Lipinski definition) is 7. The maximum absolute atomic E-state index is 12.3. The van der Waals surface area contributed by atoms with Crippen molar-refractivity contribution in [2.24, 2.45) is 0 Å². The van der Waals surface area contributed by atoms with Gasteiger partial charge >= 0.3 is 12.2 Å². The molecule has 0 saturated heterocycles. The lowest BCUT2D eigenvalue weighted by Gasteiger charge is -2.30. The molecule has 1 saturated carbocycles. The molecule has 3 rings (SSSR count). The van der Waals surface area contributed by atoms with Crippen molar-refractivity contribution in [2.75, 3.05) is 10.6 Å². The number of ether oxygens (including phenoxy) is 2. The summed E-state index contributed by atoms with van der Waals surface area (Å²) in [6.07, 6.45) is 4.07. The van der Waals surface area contributed by atoms with E-state index in [9.17, 15) is 9.59 Å². The molecule has 33 heavy (non-hydrogen) atoms. The second-order valence-corrected chi connectivity index (χ2v) is 11.1. The average Bonchev–Trinajstić information content (AvgIpc) is 3.01. The van der Waals surface area contributed by atoms with Gasteiger partial charge in [0.25, 0.3) is 0 Å². The van der Waals surface area contributed by atoms with Crippen molar-refractivity contribution in [1.82, 2.24) is 19.9 Å². The zero-order valence-electron chi connectivity index (χ0n) is 20.0. The number of aromatic nitrogens is 3. The van der Waals surface area contributed by atoms with Crippen LogP contribution < -0.4 is 16.0 Å². The maximum atomic E-state index is 12.3. The number of fused-ring (bicyclic) bond motifs is 1. The van der Waals surface area contributed by atoms with Crippen LogP contribution in [-0.2, 0) is 9.47 Å². The molecule has 1 aliphatic rings. The van der Waals surface area contributed by atoms with Crippen LogP contribution in [0.4, 0.5) is 21.2 Å². The van der Waals surface area contributed by atoms with Gasteiger partial charge in [0.15, 0.2) is 5.65 Å². The van der Waals surface area contributed by atoms with E-state index >= 15 is 0 Å². The standard InChI is InChI=1S/C22H33BrN6O4/c1-21(2,3)32-19(30)26-14-9-7-13(8-10-14)25-16-11-17(28-20(31)33-22(4,5)6)29-18(27-16)15(23)12-24-29/h11-14H,7-10H2,1-6H3,(H,25,27)(H,26,30)(H,28,31)/t13-,14-. The summed E-state index contributed by atoms with van der Waals surface area (Å²) < 4.78 is 13.0. The topological polar surface area (TPSA) is 119 Å². The minimum atomic E-state index is -0.617. The third kappa shape index (κ3) is 7.48. The van der Waals surface area contributed by atoms with Gasteiger partial charge in [-0.25, -0.2) is 14.6 Å². The molecule has 0 unspecified atom stereocenters. The zero-order chi connectivity index (χ0) is 24.4. The number of anilines is 2. The van der Waals surface area contributed by atoms with Crippen LogP contribution >= 0.6 is 15.9 Å². The molecule has 0 atom stereocenters. The summed E-state index contributed by atoms with van der Waals surface area (Å²) in [6, 6.07) is 2.01. The highest BCUT2D eigenvalue weighted by molar-refractivity contribution is 9.10. The number of carbonyl (C=O) groups excluding carboxylic acids is 2. The summed E-state index contributed by atoms with van der Waals surface area (Å²) >= 11 is 3.46. The van der Waals surface area contributed by atoms with Crippen molar-refractivity contribution in [2.45, 2.75) is 90.5 Å². The third-order valence-electron chi connectivity index (χ3n) is 4.86. The van der Waals surface area contributed by atoms with Gasteiger partial charge in [-0.2, -0.15) is 9.61 Å². The lowest BCUT2D eigenvalue weighted by Crippen LogP contribution is -2.42. The van der Waals surface area contributed by atoms with Gasteiger partial charge in [-0.1, -0.05) is 0 Å². The Labute approximate surface area is 202 Å². The van der Waals surface area contributed by atoms with Gasteiger partial charge in [-0.3, -0.25) is 5.32 Å². The summed E-state index contributed by atoms with van der Waals surface area (Å²) in [7, 11) is 0. The van der Waals surface area contributed by atoms with Crippen molar-refractivity contribution in [3.05, 3.63) is 16.7 Å². The average molecular weight is 525 g/mol. The fourth-order valence-corrected chi connectivity index (χ4v) is 3.92. The van der Waals surface area contributed by atoms with Crippen molar-refractivity contribution < 1.29 is 19.1 Å². The van der Waals surface area contributed by atoms with Gasteiger partial charge in [0.1, 0.15) is 22.8 Å². The summed E-state index contributed by atoms with van der Waals surface area (Å²) in [6.45, 7) is 11.0. The number of nitrogens with one attached hydrogen (secondary N) is 3. The highest BCUT2D eigenvalue weighted by atomic mass is 79.9. The molecule has 2 amide bonds. The predicted octanol–water partition coefficient (Wildman–Crippen LogP) is 5.09. The minimum absolute atomic E-state index is 0.0849. The Morgan fingerprint density at radius 1 is 1.00 bits per heavy atom. The molecule has 182 valence electrons. The Kier molecular flexibility index (Phi) is 7.40. The van der Waals surface area contributed by atoms with Crippen molar-refractivity contribution >= 4 is 45.4 Å². The number of nitrogens with zero attached hydrogens (tertiary/aromatic N) is 3. The van der Waals surface area contributed by atoms with Crippen LogP contribution in [0.25, 0.3) is 5.65 Å². The second-order valence-electron chi connectivity index (χ2n) is 10.2. The molecule has 2 aromatic heterocycles. The highest BCUT2D eigenvalue weighted by Crippen LogP contribution is 2.26. The van der Waals surface area contributed by atoms with E-state index in [0.29, 0.717) is 21.8 Å². The van der Waals surface area contributed by atoms with Crippen LogP contribution in [-0.4, -0.2) is 50.1 Å². The van der Waals surface area contributed by atoms with Gasteiger partial charge < -0.3 is 20.1 Å². The van der Waals surface area contributed by atoms with E-state index < -0.39 is 17.3 Å². The van der Waals surface area contributed by atoms with Gasteiger partial charge in [-0.05, 0) is 83.2 Å². The van der Waals surface area contributed by atoms with E-state index in [1.807, 2.05) is 20.8 Å². The molecule has 10 nitrogen and oxygen atoms in total. The first-order valence-corrected chi connectivity index (χ1v) is 11.9. The zero-order valence-corrected chi connectivity index (χ0v) is 21.6. The van der Waals surface area contributed by atoms with Crippen LogP contribution in [0.15, 0.2) is 16.7 Å². The Hall–Kier alpha value is -2.56. The third-order valence-corrected chi connectivity index (χ3v) is 5.42.